The lowest BCUT2D eigenvalue weighted by atomic mass is 9.89. The number of ether oxygens (including phenoxy) is 1. The molecule has 1 aliphatic carbocycles. The molecule has 0 aromatic heterocycles. The first-order valence-corrected chi connectivity index (χ1v) is 7.13. The first-order chi connectivity index (χ1) is 9.05. The second kappa shape index (κ2) is 9.19. The maximum Gasteiger partial charge on any atom is 0.307 e. The van der Waals surface area contributed by atoms with Crippen LogP contribution in [0.5, 0.6) is 0 Å². The van der Waals surface area contributed by atoms with Gasteiger partial charge in [-0.1, -0.05) is 13.8 Å². The summed E-state index contributed by atoms with van der Waals surface area (Å²) >= 11 is 0. The third-order valence-electron chi connectivity index (χ3n) is 3.88. The number of methoxy groups -OCH3 is 1. The van der Waals surface area contributed by atoms with E-state index in [1.165, 1.54) is 20.0 Å². The van der Waals surface area contributed by atoms with Gasteiger partial charge in [-0.2, -0.15) is 0 Å². The predicted octanol–water partition coefficient (Wildman–Crippen LogP) is 1.65. The van der Waals surface area contributed by atoms with Gasteiger partial charge < -0.3 is 15.4 Å². The zero-order chi connectivity index (χ0) is 14.3. The molecule has 1 saturated carbocycles. The van der Waals surface area contributed by atoms with Crippen LogP contribution in [-0.2, 0) is 14.3 Å². The molecule has 118 valence electrons. The summed E-state index contributed by atoms with van der Waals surface area (Å²) in [6.45, 7) is 5.18. The number of esters is 1. The lowest BCUT2D eigenvalue weighted by molar-refractivity contribution is -0.142. The van der Waals surface area contributed by atoms with Gasteiger partial charge in [-0.05, 0) is 38.1 Å². The summed E-state index contributed by atoms with van der Waals surface area (Å²) in [4.78, 5) is 23.4. The molecule has 0 bridgehead atoms. The number of halogens is 1. The fourth-order valence-electron chi connectivity index (χ4n) is 2.12. The molecule has 1 aliphatic rings. The van der Waals surface area contributed by atoms with Gasteiger partial charge in [0, 0.05) is 0 Å². The van der Waals surface area contributed by atoms with Gasteiger partial charge in [-0.3, -0.25) is 9.59 Å². The van der Waals surface area contributed by atoms with Gasteiger partial charge in [0.05, 0.1) is 25.6 Å². The molecule has 0 radical (unpaired) electrons. The van der Waals surface area contributed by atoms with Gasteiger partial charge in [0.25, 0.3) is 0 Å². The third-order valence-corrected chi connectivity index (χ3v) is 3.88. The zero-order valence-electron chi connectivity index (χ0n) is 12.7. The number of amides is 1. The molecule has 1 fully saturated rings. The standard InChI is InChI=1S/C14H26N2O3.ClH/c1-4-14(5-2,8-13(18)19-3)16-12(17)10-15-9-11-6-7-11;/h11,15H,4-10H2,1-3H3,(H,16,17);1H. The van der Waals surface area contributed by atoms with Crippen molar-refractivity contribution in [2.24, 2.45) is 5.92 Å². The summed E-state index contributed by atoms with van der Waals surface area (Å²) < 4.78 is 4.71. The molecule has 6 heteroatoms. The highest BCUT2D eigenvalue weighted by atomic mass is 35.5. The Bertz CT molecular complexity index is 316. The summed E-state index contributed by atoms with van der Waals surface area (Å²) in [6, 6.07) is 0. The maximum absolute atomic E-state index is 11.9. The molecule has 0 heterocycles. The molecular weight excluding hydrogens is 280 g/mol. The van der Waals surface area contributed by atoms with Gasteiger partial charge >= 0.3 is 5.97 Å². The van der Waals surface area contributed by atoms with Crippen LogP contribution in [-0.4, -0.2) is 37.6 Å². The third kappa shape index (κ3) is 6.57. The van der Waals surface area contributed by atoms with E-state index in [0.29, 0.717) is 19.4 Å². The van der Waals surface area contributed by atoms with E-state index in [0.717, 1.165) is 12.5 Å². The lowest BCUT2D eigenvalue weighted by Gasteiger charge is -2.32. The van der Waals surface area contributed by atoms with E-state index >= 15 is 0 Å². The Balaban J connectivity index is 0.00000361. The molecule has 0 aromatic carbocycles. The Morgan fingerprint density at radius 3 is 2.30 bits per heavy atom. The first-order valence-electron chi connectivity index (χ1n) is 7.13. The Morgan fingerprint density at radius 1 is 1.25 bits per heavy atom. The molecule has 0 atom stereocenters. The van der Waals surface area contributed by atoms with Gasteiger partial charge in [0.15, 0.2) is 0 Å². The minimum atomic E-state index is -0.481. The Labute approximate surface area is 127 Å². The second-order valence-electron chi connectivity index (χ2n) is 5.36. The summed E-state index contributed by atoms with van der Waals surface area (Å²) in [5.41, 5.74) is -0.481. The molecule has 0 spiro atoms. The number of carbonyl (C=O) groups is 2. The summed E-state index contributed by atoms with van der Waals surface area (Å²) in [5.74, 6) is 0.424. The van der Waals surface area contributed by atoms with Gasteiger partial charge in [0.2, 0.25) is 5.91 Å². The van der Waals surface area contributed by atoms with Crippen molar-refractivity contribution in [1.82, 2.24) is 10.6 Å². The zero-order valence-corrected chi connectivity index (χ0v) is 13.5. The Kier molecular flexibility index (Phi) is 8.81. The largest absolute Gasteiger partial charge is 0.469 e. The Hall–Kier alpha value is -0.810. The number of hydrogen-bond acceptors (Lipinski definition) is 4. The molecule has 0 aromatic rings. The van der Waals surface area contributed by atoms with Crippen LogP contribution in [0.4, 0.5) is 0 Å². The van der Waals surface area contributed by atoms with E-state index < -0.39 is 5.54 Å². The predicted molar refractivity (Wildman–Crippen MR) is 80.9 cm³/mol. The molecule has 5 nitrogen and oxygen atoms in total. The van der Waals surface area contributed by atoms with Crippen LogP contribution in [0.3, 0.4) is 0 Å². The van der Waals surface area contributed by atoms with E-state index in [9.17, 15) is 9.59 Å². The van der Waals surface area contributed by atoms with E-state index in [2.05, 4.69) is 10.6 Å². The van der Waals surface area contributed by atoms with Crippen molar-refractivity contribution in [2.45, 2.75) is 51.5 Å². The SMILES string of the molecule is CCC(CC)(CC(=O)OC)NC(=O)CNCC1CC1.Cl. The van der Waals surface area contributed by atoms with Crippen molar-refractivity contribution in [3.05, 3.63) is 0 Å². The minimum absolute atomic E-state index is 0. The van der Waals surface area contributed by atoms with Crippen LogP contribution in [0.1, 0.15) is 46.0 Å². The highest BCUT2D eigenvalue weighted by Crippen LogP contribution is 2.27. The van der Waals surface area contributed by atoms with Crippen LogP contribution in [0.2, 0.25) is 0 Å². The molecule has 2 N–H and O–H groups in total. The van der Waals surface area contributed by atoms with Gasteiger partial charge in [-0.25, -0.2) is 0 Å². The maximum atomic E-state index is 11.9. The van der Waals surface area contributed by atoms with Crippen LogP contribution in [0, 0.1) is 5.92 Å². The van der Waals surface area contributed by atoms with Crippen molar-refractivity contribution >= 4 is 24.3 Å². The minimum Gasteiger partial charge on any atom is -0.469 e. The van der Waals surface area contributed by atoms with Crippen LogP contribution >= 0.6 is 12.4 Å². The van der Waals surface area contributed by atoms with E-state index in [-0.39, 0.29) is 30.7 Å². The molecule has 0 aliphatic heterocycles. The fraction of sp³-hybridized carbons (Fsp3) is 0.857. The molecule has 1 amide bonds. The van der Waals surface area contributed by atoms with Crippen LogP contribution < -0.4 is 10.6 Å². The molecule has 20 heavy (non-hydrogen) atoms. The average Bonchev–Trinajstić information content (AvgIpc) is 3.21. The fourth-order valence-corrected chi connectivity index (χ4v) is 2.12. The highest BCUT2D eigenvalue weighted by Gasteiger charge is 2.31. The van der Waals surface area contributed by atoms with Crippen molar-refractivity contribution < 1.29 is 14.3 Å². The number of rotatable bonds is 9. The van der Waals surface area contributed by atoms with E-state index in [4.69, 9.17) is 4.74 Å². The topological polar surface area (TPSA) is 67.4 Å². The molecular formula is C14H27ClN2O3. The number of nitrogens with one attached hydrogen (secondary N) is 2. The second-order valence-corrected chi connectivity index (χ2v) is 5.36. The van der Waals surface area contributed by atoms with Crippen LogP contribution in [0.25, 0.3) is 0 Å². The number of carbonyl (C=O) groups excluding carboxylic acids is 2. The summed E-state index contributed by atoms with van der Waals surface area (Å²) in [7, 11) is 1.37. The normalized spacial score (nSPS) is 14.3. The van der Waals surface area contributed by atoms with Crippen molar-refractivity contribution in [2.75, 3.05) is 20.2 Å². The highest BCUT2D eigenvalue weighted by molar-refractivity contribution is 5.85. The van der Waals surface area contributed by atoms with Crippen molar-refractivity contribution in [1.29, 1.82) is 0 Å². The Morgan fingerprint density at radius 2 is 1.85 bits per heavy atom. The molecule has 1 rings (SSSR count). The lowest BCUT2D eigenvalue weighted by Crippen LogP contribution is -2.51. The smallest absolute Gasteiger partial charge is 0.307 e. The quantitative estimate of drug-likeness (QED) is 0.636. The molecule has 0 saturated heterocycles. The van der Waals surface area contributed by atoms with E-state index in [1.807, 2.05) is 13.8 Å². The monoisotopic (exact) mass is 306 g/mol. The number of hydrogen-bond donors (Lipinski definition) is 2. The summed E-state index contributed by atoms with van der Waals surface area (Å²) in [5, 5.41) is 6.14. The van der Waals surface area contributed by atoms with Crippen molar-refractivity contribution in [3.63, 3.8) is 0 Å². The molecule has 0 unspecified atom stereocenters. The van der Waals surface area contributed by atoms with E-state index in [1.54, 1.807) is 0 Å². The average molecular weight is 307 g/mol. The van der Waals surface area contributed by atoms with Crippen molar-refractivity contribution in [3.8, 4) is 0 Å². The van der Waals surface area contributed by atoms with Gasteiger partial charge in [-0.15, -0.1) is 12.4 Å². The van der Waals surface area contributed by atoms with Gasteiger partial charge in [0.1, 0.15) is 0 Å². The van der Waals surface area contributed by atoms with Crippen LogP contribution in [0.15, 0.2) is 0 Å². The summed E-state index contributed by atoms with van der Waals surface area (Å²) in [6.07, 6.45) is 4.19. The first kappa shape index (κ1) is 19.2.